The number of aliphatic carboxylic acids is 1. The second kappa shape index (κ2) is 5.24. The summed E-state index contributed by atoms with van der Waals surface area (Å²) in [5.74, 6) is -2.08. The van der Waals surface area contributed by atoms with Gasteiger partial charge < -0.3 is 15.2 Å². The number of nitrogens with zero attached hydrogens (tertiary/aromatic N) is 2. The molecule has 108 valence electrons. The number of hydrogen-bond donors (Lipinski definition) is 2. The van der Waals surface area contributed by atoms with E-state index in [1.165, 1.54) is 0 Å². The summed E-state index contributed by atoms with van der Waals surface area (Å²) < 4.78 is 7.27. The maximum atomic E-state index is 11.8. The van der Waals surface area contributed by atoms with Crippen LogP contribution in [0.1, 0.15) is 19.3 Å². The molecule has 1 saturated heterocycles. The van der Waals surface area contributed by atoms with Gasteiger partial charge in [0.15, 0.2) is 0 Å². The number of amides is 1. The van der Waals surface area contributed by atoms with E-state index in [1.54, 1.807) is 17.1 Å². The van der Waals surface area contributed by atoms with Crippen LogP contribution in [0, 0.1) is 11.8 Å². The number of carboxylic acids is 1. The molecular formula is C13H17N3O4. The van der Waals surface area contributed by atoms with Crippen LogP contribution in [0.3, 0.4) is 0 Å². The minimum atomic E-state index is -0.903. The van der Waals surface area contributed by atoms with Gasteiger partial charge in [-0.05, 0) is 19.3 Å². The highest BCUT2D eigenvalue weighted by atomic mass is 16.5. The lowest BCUT2D eigenvalue weighted by Crippen LogP contribution is -2.17. The first-order valence-corrected chi connectivity index (χ1v) is 6.81. The van der Waals surface area contributed by atoms with Crippen molar-refractivity contribution in [2.45, 2.75) is 31.9 Å². The van der Waals surface area contributed by atoms with Crippen molar-refractivity contribution in [1.29, 1.82) is 0 Å². The van der Waals surface area contributed by atoms with Crippen molar-refractivity contribution in [3.8, 4) is 0 Å². The average Bonchev–Trinajstić information content (AvgIpc) is 2.86. The second-order valence-corrected chi connectivity index (χ2v) is 5.36. The summed E-state index contributed by atoms with van der Waals surface area (Å²) in [6.07, 6.45) is 6.05. The maximum Gasteiger partial charge on any atom is 0.307 e. The smallest absolute Gasteiger partial charge is 0.307 e. The monoisotopic (exact) mass is 279 g/mol. The van der Waals surface area contributed by atoms with E-state index in [1.807, 2.05) is 0 Å². The Morgan fingerprint density at radius 1 is 1.50 bits per heavy atom. The van der Waals surface area contributed by atoms with Gasteiger partial charge >= 0.3 is 5.97 Å². The summed E-state index contributed by atoms with van der Waals surface area (Å²) in [6.45, 7) is 1.48. The van der Waals surface area contributed by atoms with Gasteiger partial charge in [0.05, 0.1) is 36.4 Å². The molecule has 1 aliphatic carbocycles. The highest BCUT2D eigenvalue weighted by Gasteiger charge is 2.48. The molecule has 2 N–H and O–H groups in total. The summed E-state index contributed by atoms with van der Waals surface area (Å²) in [6, 6.07) is 0. The molecule has 0 bridgehead atoms. The fourth-order valence-corrected chi connectivity index (χ4v) is 2.52. The van der Waals surface area contributed by atoms with E-state index in [9.17, 15) is 9.59 Å². The van der Waals surface area contributed by atoms with Gasteiger partial charge in [-0.25, -0.2) is 0 Å². The fourth-order valence-electron chi connectivity index (χ4n) is 2.52. The third kappa shape index (κ3) is 2.82. The van der Waals surface area contributed by atoms with Crippen molar-refractivity contribution in [3.05, 3.63) is 12.4 Å². The molecule has 2 aliphatic rings. The number of carboxylic acid groups (broad SMARTS) is 1. The molecule has 1 saturated carbocycles. The van der Waals surface area contributed by atoms with E-state index in [-0.39, 0.29) is 12.0 Å². The van der Waals surface area contributed by atoms with E-state index in [2.05, 4.69) is 10.4 Å². The summed E-state index contributed by atoms with van der Waals surface area (Å²) in [5, 5.41) is 15.7. The van der Waals surface area contributed by atoms with E-state index in [4.69, 9.17) is 9.84 Å². The molecule has 3 unspecified atom stereocenters. The van der Waals surface area contributed by atoms with Gasteiger partial charge in [-0.1, -0.05) is 0 Å². The quantitative estimate of drug-likeness (QED) is 0.828. The predicted molar refractivity (Wildman–Crippen MR) is 69.1 cm³/mol. The van der Waals surface area contributed by atoms with E-state index in [0.717, 1.165) is 19.4 Å². The van der Waals surface area contributed by atoms with Crippen LogP contribution in [0.15, 0.2) is 12.4 Å². The first kappa shape index (κ1) is 13.1. The standard InChI is InChI=1S/C13H17N3O4/c17-12(10-4-11(10)13(18)19)15-8-5-14-16(6-8)7-9-2-1-3-20-9/h5-6,9-11H,1-4,7H2,(H,15,17)(H,18,19). The summed E-state index contributed by atoms with van der Waals surface area (Å²) in [4.78, 5) is 22.5. The van der Waals surface area contributed by atoms with Gasteiger partial charge in [-0.15, -0.1) is 0 Å². The average molecular weight is 279 g/mol. The summed E-state index contributed by atoms with van der Waals surface area (Å²) in [7, 11) is 0. The van der Waals surface area contributed by atoms with E-state index in [0.29, 0.717) is 18.7 Å². The molecule has 0 spiro atoms. The molecule has 7 nitrogen and oxygen atoms in total. The molecule has 1 aromatic heterocycles. The second-order valence-electron chi connectivity index (χ2n) is 5.36. The molecule has 3 rings (SSSR count). The first-order valence-electron chi connectivity index (χ1n) is 6.81. The molecule has 1 aliphatic heterocycles. The predicted octanol–water partition coefficient (Wildman–Crippen LogP) is 0.721. The molecule has 1 aromatic rings. The normalized spacial score (nSPS) is 28.3. The Morgan fingerprint density at radius 3 is 3.00 bits per heavy atom. The Hall–Kier alpha value is -1.89. The Balaban J connectivity index is 1.52. The van der Waals surface area contributed by atoms with E-state index >= 15 is 0 Å². The molecule has 0 aromatic carbocycles. The lowest BCUT2D eigenvalue weighted by molar-refractivity contribution is -0.139. The van der Waals surface area contributed by atoms with Crippen molar-refractivity contribution in [2.24, 2.45) is 11.8 Å². The number of ether oxygens (including phenoxy) is 1. The summed E-state index contributed by atoms with van der Waals surface area (Å²) in [5.41, 5.74) is 0.601. The molecular weight excluding hydrogens is 262 g/mol. The largest absolute Gasteiger partial charge is 0.481 e. The van der Waals surface area contributed by atoms with Crippen LogP contribution in [0.25, 0.3) is 0 Å². The van der Waals surface area contributed by atoms with Crippen molar-refractivity contribution in [1.82, 2.24) is 9.78 Å². The Labute approximate surface area is 115 Å². The van der Waals surface area contributed by atoms with Gasteiger partial charge in [-0.3, -0.25) is 14.3 Å². The highest BCUT2D eigenvalue weighted by Crippen LogP contribution is 2.39. The summed E-state index contributed by atoms with van der Waals surface area (Å²) >= 11 is 0. The zero-order valence-electron chi connectivity index (χ0n) is 11.0. The van der Waals surface area contributed by atoms with Crippen LogP contribution in [-0.2, 0) is 20.9 Å². The number of nitrogens with one attached hydrogen (secondary N) is 1. The van der Waals surface area contributed by atoms with Crippen LogP contribution < -0.4 is 5.32 Å². The van der Waals surface area contributed by atoms with Crippen LogP contribution in [-0.4, -0.2) is 39.5 Å². The number of rotatable bonds is 5. The number of hydrogen-bond acceptors (Lipinski definition) is 4. The zero-order valence-corrected chi connectivity index (χ0v) is 11.0. The molecule has 7 heteroatoms. The van der Waals surface area contributed by atoms with Crippen LogP contribution in [0.4, 0.5) is 5.69 Å². The third-order valence-corrected chi connectivity index (χ3v) is 3.76. The number of carbonyl (C=O) groups excluding carboxylic acids is 1. The SMILES string of the molecule is O=C(O)C1CC1C(=O)Nc1cnn(CC2CCCO2)c1. The van der Waals surface area contributed by atoms with Crippen molar-refractivity contribution in [3.63, 3.8) is 0 Å². The van der Waals surface area contributed by atoms with Crippen LogP contribution in [0.5, 0.6) is 0 Å². The van der Waals surface area contributed by atoms with Crippen LogP contribution in [0.2, 0.25) is 0 Å². The molecule has 20 heavy (non-hydrogen) atoms. The Kier molecular flexibility index (Phi) is 3.43. The Morgan fingerprint density at radius 2 is 2.35 bits per heavy atom. The topological polar surface area (TPSA) is 93.5 Å². The number of anilines is 1. The van der Waals surface area contributed by atoms with Crippen molar-refractivity contribution < 1.29 is 19.4 Å². The van der Waals surface area contributed by atoms with Gasteiger partial charge in [0.1, 0.15) is 0 Å². The molecule has 3 atom stereocenters. The number of aromatic nitrogens is 2. The van der Waals surface area contributed by atoms with Gasteiger partial charge in [0.2, 0.25) is 5.91 Å². The minimum absolute atomic E-state index is 0.193. The number of carbonyl (C=O) groups is 2. The van der Waals surface area contributed by atoms with Crippen molar-refractivity contribution in [2.75, 3.05) is 11.9 Å². The molecule has 2 fully saturated rings. The highest BCUT2D eigenvalue weighted by molar-refractivity contribution is 5.98. The van der Waals surface area contributed by atoms with E-state index < -0.39 is 17.8 Å². The molecule has 0 radical (unpaired) electrons. The lowest BCUT2D eigenvalue weighted by atomic mass is 10.2. The fraction of sp³-hybridized carbons (Fsp3) is 0.615. The maximum absolute atomic E-state index is 11.8. The van der Waals surface area contributed by atoms with Gasteiger partial charge in [0.25, 0.3) is 0 Å². The molecule has 1 amide bonds. The van der Waals surface area contributed by atoms with Gasteiger partial charge in [-0.2, -0.15) is 5.10 Å². The van der Waals surface area contributed by atoms with Crippen LogP contribution >= 0.6 is 0 Å². The third-order valence-electron chi connectivity index (χ3n) is 3.76. The van der Waals surface area contributed by atoms with Gasteiger partial charge in [0, 0.05) is 12.8 Å². The Bertz CT molecular complexity index is 521. The first-order chi connectivity index (χ1) is 9.63. The van der Waals surface area contributed by atoms with Crippen molar-refractivity contribution >= 4 is 17.6 Å². The zero-order chi connectivity index (χ0) is 14.1. The lowest BCUT2D eigenvalue weighted by Gasteiger charge is -2.08. The minimum Gasteiger partial charge on any atom is -0.481 e. The molecule has 2 heterocycles.